The van der Waals surface area contributed by atoms with Gasteiger partial charge in [-0.2, -0.15) is 0 Å². The van der Waals surface area contributed by atoms with E-state index in [1.165, 1.54) is 12.1 Å². The van der Waals surface area contributed by atoms with Gasteiger partial charge in [0, 0.05) is 10.9 Å². The first-order chi connectivity index (χ1) is 7.56. The van der Waals surface area contributed by atoms with Crippen molar-refractivity contribution in [2.75, 3.05) is 5.33 Å². The molecule has 0 aliphatic carbocycles. The number of alkyl halides is 1. The number of carbonyl (C=O) groups is 1. The van der Waals surface area contributed by atoms with Crippen molar-refractivity contribution in [1.82, 2.24) is 0 Å². The predicted octanol–water partition coefficient (Wildman–Crippen LogP) is 1.84. The van der Waals surface area contributed by atoms with Crippen LogP contribution in [0.3, 0.4) is 0 Å². The van der Waals surface area contributed by atoms with Crippen molar-refractivity contribution in [3.8, 4) is 5.75 Å². The van der Waals surface area contributed by atoms with Crippen molar-refractivity contribution in [2.45, 2.75) is 18.9 Å². The molecular weight excluding hydrogens is 276 g/mol. The van der Waals surface area contributed by atoms with E-state index in [4.69, 9.17) is 5.11 Å². The first-order valence-electron chi connectivity index (χ1n) is 4.85. The van der Waals surface area contributed by atoms with E-state index in [2.05, 4.69) is 15.9 Å². The predicted molar refractivity (Wildman–Crippen MR) is 62.8 cm³/mol. The van der Waals surface area contributed by atoms with Gasteiger partial charge in [-0.25, -0.2) is 4.79 Å². The zero-order chi connectivity index (χ0) is 12.1. The molecule has 5 heteroatoms. The van der Waals surface area contributed by atoms with Gasteiger partial charge in [-0.15, -0.1) is 0 Å². The van der Waals surface area contributed by atoms with Gasteiger partial charge in [-0.05, 0) is 24.5 Å². The summed E-state index contributed by atoms with van der Waals surface area (Å²) >= 11 is 3.30. The van der Waals surface area contributed by atoms with Crippen molar-refractivity contribution in [1.29, 1.82) is 0 Å². The van der Waals surface area contributed by atoms with Crippen LogP contribution < -0.4 is 0 Å². The van der Waals surface area contributed by atoms with E-state index in [1.54, 1.807) is 6.07 Å². The highest BCUT2D eigenvalue weighted by atomic mass is 79.9. The number of hydrogen-bond acceptors (Lipinski definition) is 3. The first-order valence-corrected chi connectivity index (χ1v) is 5.97. The Morgan fingerprint density at radius 3 is 2.62 bits per heavy atom. The lowest BCUT2D eigenvalue weighted by Gasteiger charge is -2.09. The Kier molecular flexibility index (Phi) is 4.76. The van der Waals surface area contributed by atoms with Crippen LogP contribution in [0.2, 0.25) is 0 Å². The van der Waals surface area contributed by atoms with Crippen LogP contribution in [0.1, 0.15) is 23.7 Å². The molecule has 0 heterocycles. The smallest absolute Gasteiger partial charge is 0.337 e. The molecule has 0 radical (unpaired) electrons. The molecule has 0 aromatic heterocycles. The summed E-state index contributed by atoms with van der Waals surface area (Å²) in [4.78, 5) is 10.5. The minimum absolute atomic E-state index is 0.0232. The van der Waals surface area contributed by atoms with Crippen molar-refractivity contribution in [3.05, 3.63) is 29.3 Å². The van der Waals surface area contributed by atoms with Crippen molar-refractivity contribution >= 4 is 21.9 Å². The van der Waals surface area contributed by atoms with Crippen molar-refractivity contribution in [3.63, 3.8) is 0 Å². The molecule has 1 unspecified atom stereocenters. The molecule has 1 aromatic rings. The number of aliphatic carboxylic acids is 1. The van der Waals surface area contributed by atoms with E-state index in [-0.39, 0.29) is 11.3 Å². The molecule has 1 atom stereocenters. The Bertz CT molecular complexity index is 378. The highest BCUT2D eigenvalue weighted by molar-refractivity contribution is 9.09. The number of carboxylic acid groups (broad SMARTS) is 1. The number of aliphatic hydroxyl groups excluding tert-OH is 1. The van der Waals surface area contributed by atoms with Crippen LogP contribution in [0.5, 0.6) is 5.75 Å². The van der Waals surface area contributed by atoms with E-state index in [1.807, 2.05) is 0 Å². The molecule has 0 saturated carbocycles. The highest BCUT2D eigenvalue weighted by Crippen LogP contribution is 2.26. The van der Waals surface area contributed by atoms with E-state index in [9.17, 15) is 15.0 Å². The van der Waals surface area contributed by atoms with Crippen molar-refractivity contribution < 1.29 is 20.1 Å². The fourth-order valence-electron chi connectivity index (χ4n) is 1.38. The first kappa shape index (κ1) is 13.0. The van der Waals surface area contributed by atoms with Crippen molar-refractivity contribution in [2.24, 2.45) is 0 Å². The zero-order valence-corrected chi connectivity index (χ0v) is 10.1. The molecule has 0 fully saturated rings. The Morgan fingerprint density at radius 1 is 1.44 bits per heavy atom. The zero-order valence-electron chi connectivity index (χ0n) is 8.56. The maximum Gasteiger partial charge on any atom is 0.337 e. The average Bonchev–Trinajstić information content (AvgIpc) is 2.25. The van der Waals surface area contributed by atoms with Gasteiger partial charge < -0.3 is 15.3 Å². The molecular formula is C11H13BrO4. The molecule has 0 spiro atoms. The average molecular weight is 289 g/mol. The summed E-state index contributed by atoms with van der Waals surface area (Å²) in [5, 5.41) is 28.3. The largest absolute Gasteiger partial charge is 0.508 e. The number of rotatable bonds is 5. The van der Waals surface area contributed by atoms with Gasteiger partial charge in [0.05, 0.1) is 0 Å². The fraction of sp³-hybridized carbons (Fsp3) is 0.364. The molecule has 0 aliphatic heterocycles. The summed E-state index contributed by atoms with van der Waals surface area (Å²) in [6, 6.07) is 4.64. The van der Waals surface area contributed by atoms with Crippen LogP contribution in [0.25, 0.3) is 0 Å². The summed E-state index contributed by atoms with van der Waals surface area (Å²) in [5.74, 6) is -1.55. The minimum Gasteiger partial charge on any atom is -0.508 e. The van der Waals surface area contributed by atoms with E-state index in [0.29, 0.717) is 0 Å². The van der Waals surface area contributed by atoms with Gasteiger partial charge in [0.1, 0.15) is 5.75 Å². The summed E-state index contributed by atoms with van der Waals surface area (Å²) in [5.41, 5.74) is 0.938. The number of aromatic hydroxyl groups is 1. The molecule has 88 valence electrons. The molecule has 0 amide bonds. The Hall–Kier alpha value is -1.07. The van der Waals surface area contributed by atoms with E-state index < -0.39 is 12.1 Å². The maximum absolute atomic E-state index is 10.5. The van der Waals surface area contributed by atoms with Crippen LogP contribution in [0.4, 0.5) is 0 Å². The molecule has 0 saturated heterocycles. The number of carboxylic acids is 1. The SMILES string of the molecule is O=C(O)C(O)c1ccc(CCCBr)cc1O. The quantitative estimate of drug-likeness (QED) is 0.723. The van der Waals surface area contributed by atoms with Gasteiger partial charge >= 0.3 is 5.97 Å². The van der Waals surface area contributed by atoms with Gasteiger partial charge in [-0.1, -0.05) is 28.1 Å². The van der Waals surface area contributed by atoms with E-state index >= 15 is 0 Å². The molecule has 0 bridgehead atoms. The number of halogens is 1. The lowest BCUT2D eigenvalue weighted by molar-refractivity contribution is -0.147. The van der Waals surface area contributed by atoms with E-state index in [0.717, 1.165) is 23.7 Å². The van der Waals surface area contributed by atoms with Gasteiger partial charge in [0.2, 0.25) is 0 Å². The monoisotopic (exact) mass is 288 g/mol. The van der Waals surface area contributed by atoms with Gasteiger partial charge in [-0.3, -0.25) is 0 Å². The number of phenols is 1. The van der Waals surface area contributed by atoms with Gasteiger partial charge in [0.25, 0.3) is 0 Å². The third kappa shape index (κ3) is 3.21. The highest BCUT2D eigenvalue weighted by Gasteiger charge is 2.19. The summed E-state index contributed by atoms with van der Waals surface area (Å²) in [6.07, 6.45) is 0.0490. The number of benzene rings is 1. The second-order valence-corrected chi connectivity index (χ2v) is 4.22. The van der Waals surface area contributed by atoms with Crippen LogP contribution in [0, 0.1) is 0 Å². The molecule has 16 heavy (non-hydrogen) atoms. The molecule has 4 nitrogen and oxygen atoms in total. The standard InChI is InChI=1S/C11H13BrO4/c12-5-1-2-7-3-4-8(9(13)6-7)10(14)11(15)16/h3-4,6,10,13-14H,1-2,5H2,(H,15,16). The summed E-state index contributed by atoms with van der Waals surface area (Å²) in [6.45, 7) is 0. The van der Waals surface area contributed by atoms with Crippen LogP contribution in [-0.4, -0.2) is 26.6 Å². The number of phenolic OH excluding ortho intramolecular Hbond substituents is 1. The van der Waals surface area contributed by atoms with Gasteiger partial charge in [0.15, 0.2) is 6.10 Å². The topological polar surface area (TPSA) is 77.8 Å². The number of aryl methyl sites for hydroxylation is 1. The molecule has 1 aromatic carbocycles. The Balaban J connectivity index is 2.87. The lowest BCUT2D eigenvalue weighted by atomic mass is 10.0. The van der Waals surface area contributed by atoms with Crippen LogP contribution >= 0.6 is 15.9 Å². The third-order valence-corrected chi connectivity index (χ3v) is 2.78. The summed E-state index contributed by atoms with van der Waals surface area (Å²) in [7, 11) is 0. The molecule has 0 aliphatic rings. The Labute approximate surface area is 102 Å². The fourth-order valence-corrected chi connectivity index (χ4v) is 1.66. The molecule has 3 N–H and O–H groups in total. The summed E-state index contributed by atoms with van der Waals surface area (Å²) < 4.78 is 0. The van der Waals surface area contributed by atoms with Crippen LogP contribution in [-0.2, 0) is 11.2 Å². The Morgan fingerprint density at radius 2 is 2.12 bits per heavy atom. The normalized spacial score (nSPS) is 12.4. The number of aliphatic hydroxyl groups is 1. The maximum atomic E-state index is 10.5. The third-order valence-electron chi connectivity index (χ3n) is 2.22. The second kappa shape index (κ2) is 5.86. The second-order valence-electron chi connectivity index (χ2n) is 3.43. The number of hydrogen-bond donors (Lipinski definition) is 3. The minimum atomic E-state index is -1.68. The van der Waals surface area contributed by atoms with Crippen LogP contribution in [0.15, 0.2) is 18.2 Å². The lowest BCUT2D eigenvalue weighted by Crippen LogP contribution is -2.10. The molecule has 1 rings (SSSR count).